The normalized spacial score (nSPS) is 10.9. The van der Waals surface area contributed by atoms with E-state index in [9.17, 15) is 14.0 Å². The van der Waals surface area contributed by atoms with Crippen molar-refractivity contribution in [3.63, 3.8) is 0 Å². The molecule has 3 rings (SSSR count). The summed E-state index contributed by atoms with van der Waals surface area (Å²) in [4.78, 5) is 25.2. The van der Waals surface area contributed by atoms with E-state index in [1.807, 2.05) is 18.2 Å². The maximum Gasteiger partial charge on any atom is 0.328 e. The van der Waals surface area contributed by atoms with Crippen molar-refractivity contribution in [1.29, 1.82) is 0 Å². The average molecular weight is 359 g/mol. The van der Waals surface area contributed by atoms with Crippen LogP contribution in [0.15, 0.2) is 48.7 Å². The minimum Gasteiger partial charge on any atom is -0.330 e. The Bertz CT molecular complexity index is 961. The van der Waals surface area contributed by atoms with Crippen molar-refractivity contribution in [2.24, 2.45) is 0 Å². The molecule has 0 saturated carbocycles. The third-order valence-corrected chi connectivity index (χ3v) is 4.12. The molecule has 1 heterocycles. The van der Waals surface area contributed by atoms with Gasteiger partial charge in [-0.2, -0.15) is 0 Å². The van der Waals surface area contributed by atoms with E-state index in [1.165, 1.54) is 21.6 Å². The van der Waals surface area contributed by atoms with Crippen LogP contribution in [0.25, 0.3) is 22.0 Å². The van der Waals surface area contributed by atoms with Crippen molar-refractivity contribution >= 4 is 33.8 Å². The Morgan fingerprint density at radius 3 is 2.32 bits per heavy atom. The minimum absolute atomic E-state index is 0.0433. The van der Waals surface area contributed by atoms with E-state index in [0.717, 1.165) is 16.5 Å². The summed E-state index contributed by atoms with van der Waals surface area (Å²) in [5.41, 5.74) is 3.05. The van der Waals surface area contributed by atoms with E-state index in [1.54, 1.807) is 32.4 Å². The lowest BCUT2D eigenvalue weighted by Gasteiger charge is -2.12. The van der Waals surface area contributed by atoms with Gasteiger partial charge >= 0.3 is 6.03 Å². The van der Waals surface area contributed by atoms with Gasteiger partial charge in [-0.15, -0.1) is 0 Å². The van der Waals surface area contributed by atoms with Crippen LogP contribution in [0, 0.1) is 5.82 Å². The van der Waals surface area contributed by atoms with Gasteiger partial charge in [0, 0.05) is 32.1 Å². The predicted molar refractivity (Wildman–Crippen MR) is 96.4 cm³/mol. The van der Waals surface area contributed by atoms with Gasteiger partial charge in [-0.25, -0.2) is 9.18 Å². The maximum absolute atomic E-state index is 13.1. The first kappa shape index (κ1) is 17.2. The number of carbonyl (C=O) groups is 2. The molecule has 6 heteroatoms. The zero-order chi connectivity index (χ0) is 18.1. The molecule has 128 valence electrons. The van der Waals surface area contributed by atoms with E-state index in [2.05, 4.69) is 0 Å². The Balaban J connectivity index is 2.19. The Morgan fingerprint density at radius 2 is 1.72 bits per heavy atom. The van der Waals surface area contributed by atoms with Crippen molar-refractivity contribution in [3.05, 3.63) is 60.0 Å². The van der Waals surface area contributed by atoms with Gasteiger partial charge in [0.25, 0.3) is 0 Å². The summed E-state index contributed by atoms with van der Waals surface area (Å²) in [5, 5.41) is 0.300. The molecule has 4 nitrogen and oxygen atoms in total. The van der Waals surface area contributed by atoms with Crippen LogP contribution in [0.2, 0.25) is 0 Å². The summed E-state index contributed by atoms with van der Waals surface area (Å²) in [5.74, 6) is -0.307. The molecule has 0 unspecified atom stereocenters. The summed E-state index contributed by atoms with van der Waals surface area (Å²) >= 11 is 5.53. The Kier molecular flexibility index (Phi) is 4.59. The number of rotatable bonds is 3. The second-order valence-electron chi connectivity index (χ2n) is 5.97. The van der Waals surface area contributed by atoms with E-state index in [0.29, 0.717) is 11.1 Å². The molecule has 0 saturated heterocycles. The second kappa shape index (κ2) is 6.69. The molecule has 3 aromatic rings. The van der Waals surface area contributed by atoms with Crippen LogP contribution in [0.4, 0.5) is 9.18 Å². The number of carbonyl (C=O) groups excluding carboxylic acids is 2. The van der Waals surface area contributed by atoms with Gasteiger partial charge in [0.05, 0.1) is 5.52 Å². The molecule has 0 spiro atoms. The van der Waals surface area contributed by atoms with E-state index >= 15 is 0 Å². The first-order valence-electron chi connectivity index (χ1n) is 7.66. The molecule has 1 aromatic heterocycles. The van der Waals surface area contributed by atoms with Gasteiger partial charge in [-0.05, 0) is 46.5 Å². The Labute approximate surface area is 149 Å². The van der Waals surface area contributed by atoms with Crippen LogP contribution in [0.1, 0.15) is 5.56 Å². The number of fused-ring (bicyclic) bond motifs is 1. The van der Waals surface area contributed by atoms with Gasteiger partial charge < -0.3 is 4.90 Å². The van der Waals surface area contributed by atoms with Gasteiger partial charge in [0.2, 0.25) is 5.24 Å². The molecule has 0 aliphatic rings. The summed E-state index contributed by atoms with van der Waals surface area (Å²) < 4.78 is 14.6. The fourth-order valence-corrected chi connectivity index (χ4v) is 2.93. The van der Waals surface area contributed by atoms with Crippen molar-refractivity contribution in [2.75, 3.05) is 14.1 Å². The molecular formula is C19H16ClFN2O2. The molecule has 2 aromatic carbocycles. The standard InChI is InChI=1S/C19H16ClFN2O2/c1-22(2)19(25)23-11-14(10-18(20)24)16-8-5-13(9-17(16)23)12-3-6-15(21)7-4-12/h3-9,11H,10H2,1-2H3. The summed E-state index contributed by atoms with van der Waals surface area (Å²) in [7, 11) is 3.31. The monoisotopic (exact) mass is 358 g/mol. The number of hydrogen-bond donors (Lipinski definition) is 0. The van der Waals surface area contributed by atoms with Gasteiger partial charge in [-0.1, -0.05) is 24.3 Å². The van der Waals surface area contributed by atoms with Crippen molar-refractivity contribution in [1.82, 2.24) is 9.47 Å². The molecule has 0 aliphatic heterocycles. The molecule has 0 N–H and O–H groups in total. The first-order chi connectivity index (χ1) is 11.9. The smallest absolute Gasteiger partial charge is 0.328 e. The van der Waals surface area contributed by atoms with Crippen LogP contribution in [-0.4, -0.2) is 34.8 Å². The van der Waals surface area contributed by atoms with Gasteiger partial charge in [-0.3, -0.25) is 9.36 Å². The molecule has 0 bridgehead atoms. The predicted octanol–water partition coefficient (Wildman–Crippen LogP) is 4.29. The fraction of sp³-hybridized carbons (Fsp3) is 0.158. The van der Waals surface area contributed by atoms with Crippen LogP contribution in [0.5, 0.6) is 0 Å². The topological polar surface area (TPSA) is 42.3 Å². The molecule has 1 amide bonds. The van der Waals surface area contributed by atoms with Crippen LogP contribution in [0.3, 0.4) is 0 Å². The Morgan fingerprint density at radius 1 is 1.08 bits per heavy atom. The molecule has 0 radical (unpaired) electrons. The zero-order valence-electron chi connectivity index (χ0n) is 13.8. The summed E-state index contributed by atoms with van der Waals surface area (Å²) in [6.45, 7) is 0. The average Bonchev–Trinajstić information content (AvgIpc) is 2.92. The highest BCUT2D eigenvalue weighted by atomic mass is 35.5. The van der Waals surface area contributed by atoms with Crippen molar-refractivity contribution in [3.8, 4) is 11.1 Å². The number of nitrogens with zero attached hydrogens (tertiary/aromatic N) is 2. The van der Waals surface area contributed by atoms with Gasteiger partial charge in [0.1, 0.15) is 5.82 Å². The zero-order valence-corrected chi connectivity index (χ0v) is 14.5. The van der Waals surface area contributed by atoms with Gasteiger partial charge in [0.15, 0.2) is 0 Å². The van der Waals surface area contributed by atoms with Crippen molar-refractivity contribution in [2.45, 2.75) is 6.42 Å². The molecule has 0 fully saturated rings. The molecular weight excluding hydrogens is 343 g/mol. The number of benzene rings is 2. The SMILES string of the molecule is CN(C)C(=O)n1cc(CC(=O)Cl)c2ccc(-c3ccc(F)cc3)cc21. The van der Waals surface area contributed by atoms with Crippen LogP contribution in [-0.2, 0) is 11.2 Å². The van der Waals surface area contributed by atoms with E-state index in [4.69, 9.17) is 11.6 Å². The summed E-state index contributed by atoms with van der Waals surface area (Å²) in [6.07, 6.45) is 1.68. The maximum atomic E-state index is 13.1. The molecule has 0 aliphatic carbocycles. The highest BCUT2D eigenvalue weighted by molar-refractivity contribution is 6.63. The quantitative estimate of drug-likeness (QED) is 0.656. The number of halogens is 2. The highest BCUT2D eigenvalue weighted by Crippen LogP contribution is 2.29. The number of aromatic nitrogens is 1. The lowest BCUT2D eigenvalue weighted by atomic mass is 10.0. The lowest BCUT2D eigenvalue weighted by Crippen LogP contribution is -2.26. The first-order valence-corrected chi connectivity index (χ1v) is 8.04. The Hall–Kier alpha value is -2.66. The van der Waals surface area contributed by atoms with E-state index < -0.39 is 5.24 Å². The fourth-order valence-electron chi connectivity index (χ4n) is 2.78. The van der Waals surface area contributed by atoms with Crippen LogP contribution < -0.4 is 0 Å². The molecule has 25 heavy (non-hydrogen) atoms. The third kappa shape index (κ3) is 3.42. The summed E-state index contributed by atoms with van der Waals surface area (Å²) in [6, 6.07) is 11.5. The highest BCUT2D eigenvalue weighted by Gasteiger charge is 2.17. The van der Waals surface area contributed by atoms with E-state index in [-0.39, 0.29) is 18.3 Å². The van der Waals surface area contributed by atoms with Crippen LogP contribution >= 0.6 is 11.6 Å². The third-order valence-electron chi connectivity index (χ3n) is 3.98. The largest absolute Gasteiger partial charge is 0.330 e. The minimum atomic E-state index is -0.487. The lowest BCUT2D eigenvalue weighted by molar-refractivity contribution is -0.111. The number of amides is 1. The number of hydrogen-bond acceptors (Lipinski definition) is 2. The van der Waals surface area contributed by atoms with Crippen molar-refractivity contribution < 1.29 is 14.0 Å². The molecule has 0 atom stereocenters. The second-order valence-corrected chi connectivity index (χ2v) is 6.39.